The average Bonchev–Trinajstić information content (AvgIpc) is 3.07. The maximum atomic E-state index is 12.1. The third kappa shape index (κ3) is 1.66. The summed E-state index contributed by atoms with van der Waals surface area (Å²) in [6, 6.07) is 0.253. The van der Waals surface area contributed by atoms with Gasteiger partial charge in [0.05, 0.1) is 23.9 Å². The van der Waals surface area contributed by atoms with E-state index in [1.54, 1.807) is 7.11 Å². The minimum atomic E-state index is -0.858. The van der Waals surface area contributed by atoms with Crippen molar-refractivity contribution in [3.05, 3.63) is 0 Å². The zero-order valence-corrected chi connectivity index (χ0v) is 16.8. The number of piperidine rings is 1. The summed E-state index contributed by atoms with van der Waals surface area (Å²) in [5, 5.41) is 34.9. The van der Waals surface area contributed by atoms with Crippen molar-refractivity contribution in [1.29, 1.82) is 0 Å². The van der Waals surface area contributed by atoms with Crippen LogP contribution < -0.4 is 0 Å². The van der Waals surface area contributed by atoms with Gasteiger partial charge in [-0.2, -0.15) is 0 Å². The van der Waals surface area contributed by atoms with E-state index < -0.39 is 11.7 Å². The van der Waals surface area contributed by atoms with Gasteiger partial charge in [0.15, 0.2) is 0 Å². The number of aliphatic hydroxyl groups excluding tert-OH is 2. The largest absolute Gasteiger partial charge is 0.392 e. The molecule has 1 spiro atoms. The molecule has 1 aliphatic heterocycles. The summed E-state index contributed by atoms with van der Waals surface area (Å²) < 4.78 is 5.79. The molecule has 12 atom stereocenters. The summed E-state index contributed by atoms with van der Waals surface area (Å²) in [7, 11) is 1.73. The molecule has 1 saturated heterocycles. The van der Waals surface area contributed by atoms with Gasteiger partial charge >= 0.3 is 0 Å². The van der Waals surface area contributed by atoms with Crippen LogP contribution in [-0.2, 0) is 4.74 Å². The normalized spacial score (nSPS) is 66.2. The Morgan fingerprint density at radius 3 is 2.67 bits per heavy atom. The van der Waals surface area contributed by atoms with Crippen molar-refractivity contribution in [3.8, 4) is 0 Å². The molecule has 0 aromatic carbocycles. The molecule has 1 unspecified atom stereocenters. The summed E-state index contributed by atoms with van der Waals surface area (Å²) >= 11 is 0. The van der Waals surface area contributed by atoms with E-state index >= 15 is 0 Å². The molecular formula is C22H35NO4. The van der Waals surface area contributed by atoms with Crippen molar-refractivity contribution < 1.29 is 20.1 Å². The quantitative estimate of drug-likeness (QED) is 0.676. The Balaban J connectivity index is 1.59. The van der Waals surface area contributed by atoms with Gasteiger partial charge in [0.25, 0.3) is 0 Å². The smallest absolute Gasteiger partial charge is 0.0771 e. The molecule has 0 amide bonds. The Morgan fingerprint density at radius 2 is 1.96 bits per heavy atom. The minimum absolute atomic E-state index is 0.0657. The number of methoxy groups -OCH3 is 1. The molecule has 6 rings (SSSR count). The maximum Gasteiger partial charge on any atom is 0.0771 e. The Labute approximate surface area is 162 Å². The number of aliphatic hydroxyl groups is 3. The van der Waals surface area contributed by atoms with Gasteiger partial charge in [0.1, 0.15) is 0 Å². The van der Waals surface area contributed by atoms with Crippen LogP contribution >= 0.6 is 0 Å². The van der Waals surface area contributed by atoms with Crippen LogP contribution in [0, 0.1) is 40.4 Å². The van der Waals surface area contributed by atoms with Gasteiger partial charge in [-0.3, -0.25) is 4.90 Å². The zero-order chi connectivity index (χ0) is 18.9. The molecule has 5 heteroatoms. The van der Waals surface area contributed by atoms with Gasteiger partial charge in [-0.15, -0.1) is 0 Å². The molecule has 5 saturated carbocycles. The lowest BCUT2D eigenvalue weighted by Gasteiger charge is -2.68. The van der Waals surface area contributed by atoms with E-state index in [0.717, 1.165) is 38.8 Å². The van der Waals surface area contributed by atoms with Crippen LogP contribution in [0.1, 0.15) is 46.0 Å². The first kappa shape index (κ1) is 17.6. The Morgan fingerprint density at radius 1 is 1.19 bits per heavy atom. The summed E-state index contributed by atoms with van der Waals surface area (Å²) in [5.74, 6) is 0.840. The van der Waals surface area contributed by atoms with Crippen molar-refractivity contribution in [3.63, 3.8) is 0 Å². The molecule has 0 aromatic heterocycles. The molecular weight excluding hydrogens is 342 g/mol. The lowest BCUT2D eigenvalue weighted by Crippen LogP contribution is -2.75. The molecule has 1 heterocycles. The number of fused-ring (bicyclic) bond motifs is 2. The maximum absolute atomic E-state index is 12.1. The van der Waals surface area contributed by atoms with Gasteiger partial charge in [0.2, 0.25) is 0 Å². The number of ether oxygens (including phenoxy) is 1. The Hall–Kier alpha value is -0.200. The highest BCUT2D eigenvalue weighted by atomic mass is 16.5. The molecule has 3 N–H and O–H groups in total. The molecule has 5 aliphatic carbocycles. The van der Waals surface area contributed by atoms with Crippen molar-refractivity contribution in [1.82, 2.24) is 4.90 Å². The third-order valence-corrected chi connectivity index (χ3v) is 10.7. The number of hydrogen-bond donors (Lipinski definition) is 3. The van der Waals surface area contributed by atoms with Crippen LogP contribution in [0.3, 0.4) is 0 Å². The second-order valence-electron chi connectivity index (χ2n) is 11.1. The van der Waals surface area contributed by atoms with Crippen molar-refractivity contribution in [2.75, 3.05) is 20.2 Å². The first-order valence-corrected chi connectivity index (χ1v) is 11.2. The topological polar surface area (TPSA) is 73.2 Å². The number of rotatable bonds is 2. The molecule has 0 aromatic rings. The Bertz CT molecular complexity index is 673. The lowest BCUT2D eigenvalue weighted by atomic mass is 9.43. The molecule has 5 nitrogen and oxygen atoms in total. The third-order valence-electron chi connectivity index (χ3n) is 10.7. The highest BCUT2D eigenvalue weighted by Gasteiger charge is 2.82. The van der Waals surface area contributed by atoms with Crippen LogP contribution in [0.5, 0.6) is 0 Å². The second kappa shape index (κ2) is 5.10. The van der Waals surface area contributed by atoms with Crippen LogP contribution in [-0.4, -0.2) is 70.4 Å². The standard InChI is InChI=1S/C22H35NO4/c1-4-23-10-20(2)6-5-16(24)22-12-7-11-14(27-3)9-21(26,17(12)18(11)25)13(19(22)23)8-15(20)22/h11-19,24-26H,4-10H2,1-3H3/t11-,12-,13+,14+,15+,16+,17?,18+,19-,20+,21+,22-/m1/s1. The summed E-state index contributed by atoms with van der Waals surface area (Å²) in [5.41, 5.74) is -0.788. The molecule has 152 valence electrons. The van der Waals surface area contributed by atoms with Gasteiger partial charge in [0, 0.05) is 49.3 Å². The van der Waals surface area contributed by atoms with Gasteiger partial charge in [-0.25, -0.2) is 0 Å². The zero-order valence-electron chi connectivity index (χ0n) is 16.8. The first-order chi connectivity index (χ1) is 12.8. The number of likely N-dealkylation sites (tertiary alicyclic amines) is 1. The van der Waals surface area contributed by atoms with Gasteiger partial charge in [-0.1, -0.05) is 13.8 Å². The monoisotopic (exact) mass is 377 g/mol. The Kier molecular flexibility index (Phi) is 3.33. The highest BCUT2D eigenvalue weighted by Crippen LogP contribution is 2.78. The fourth-order valence-corrected chi connectivity index (χ4v) is 10.1. The van der Waals surface area contributed by atoms with Crippen LogP contribution in [0.15, 0.2) is 0 Å². The molecule has 27 heavy (non-hydrogen) atoms. The molecule has 0 radical (unpaired) electrons. The minimum Gasteiger partial charge on any atom is -0.392 e. The first-order valence-electron chi connectivity index (χ1n) is 11.2. The molecule has 7 bridgehead atoms. The van der Waals surface area contributed by atoms with Crippen molar-refractivity contribution >= 4 is 0 Å². The average molecular weight is 378 g/mol. The SMILES string of the molecule is CCN1C[C@]2(C)CC[C@H](O)[C@@]34[C@@H]5C[C@@H]6[C@@H](OC)C[C@@](O)(C5[C@H]6O)[C@@H](C[C@@H]23)[C@@H]14. The van der Waals surface area contributed by atoms with Gasteiger partial charge in [-0.05, 0) is 49.5 Å². The summed E-state index contributed by atoms with van der Waals surface area (Å²) in [4.78, 5) is 2.60. The highest BCUT2D eigenvalue weighted by molar-refractivity contribution is 5.32. The van der Waals surface area contributed by atoms with E-state index in [4.69, 9.17) is 4.74 Å². The fraction of sp³-hybridized carbons (Fsp3) is 1.00. The van der Waals surface area contributed by atoms with E-state index in [0.29, 0.717) is 12.3 Å². The second-order valence-corrected chi connectivity index (χ2v) is 11.1. The van der Waals surface area contributed by atoms with Crippen LogP contribution in [0.25, 0.3) is 0 Å². The summed E-state index contributed by atoms with van der Waals surface area (Å²) in [6.07, 6.45) is 3.66. The number of hydrogen-bond acceptors (Lipinski definition) is 5. The van der Waals surface area contributed by atoms with E-state index in [1.807, 2.05) is 0 Å². The van der Waals surface area contributed by atoms with E-state index in [9.17, 15) is 15.3 Å². The van der Waals surface area contributed by atoms with Crippen LogP contribution in [0.4, 0.5) is 0 Å². The predicted molar refractivity (Wildman–Crippen MR) is 99.9 cm³/mol. The van der Waals surface area contributed by atoms with Gasteiger partial charge < -0.3 is 20.1 Å². The van der Waals surface area contributed by atoms with E-state index in [2.05, 4.69) is 18.7 Å². The van der Waals surface area contributed by atoms with E-state index in [1.165, 1.54) is 0 Å². The fourth-order valence-electron chi connectivity index (χ4n) is 10.1. The van der Waals surface area contributed by atoms with Crippen LogP contribution in [0.2, 0.25) is 0 Å². The number of nitrogens with zero attached hydrogens (tertiary/aromatic N) is 1. The van der Waals surface area contributed by atoms with E-state index in [-0.39, 0.29) is 52.8 Å². The van der Waals surface area contributed by atoms with Crippen molar-refractivity contribution in [2.24, 2.45) is 40.4 Å². The molecule has 6 fully saturated rings. The predicted octanol–water partition coefficient (Wildman–Crippen LogP) is 1.25. The lowest BCUT2D eigenvalue weighted by molar-refractivity contribution is -0.266. The van der Waals surface area contributed by atoms with Crippen molar-refractivity contribution in [2.45, 2.75) is 75.9 Å². The summed E-state index contributed by atoms with van der Waals surface area (Å²) in [6.45, 7) is 6.74. The molecule has 6 aliphatic rings.